The number of carbonyl (C=O) groups excluding carboxylic acids is 1. The molecule has 2 atom stereocenters. The van der Waals surface area contributed by atoms with E-state index in [9.17, 15) is 14.7 Å². The second-order valence-electron chi connectivity index (χ2n) is 4.71. The van der Waals surface area contributed by atoms with Crippen molar-refractivity contribution >= 4 is 17.7 Å². The van der Waals surface area contributed by atoms with Gasteiger partial charge < -0.3 is 20.9 Å². The smallest absolute Gasteiger partial charge is 0.313 e. The molecule has 1 aromatic rings. The van der Waals surface area contributed by atoms with E-state index in [1.807, 2.05) is 0 Å². The Balaban J connectivity index is 2.19. The van der Waals surface area contributed by atoms with Gasteiger partial charge in [0.1, 0.15) is 16.9 Å². The molecule has 4 N–H and O–H groups in total. The van der Waals surface area contributed by atoms with E-state index in [0.29, 0.717) is 5.82 Å². The third-order valence-electron chi connectivity index (χ3n) is 3.27. The van der Waals surface area contributed by atoms with Crippen LogP contribution in [0.25, 0.3) is 0 Å². The van der Waals surface area contributed by atoms with Gasteiger partial charge >= 0.3 is 5.97 Å². The van der Waals surface area contributed by atoms with E-state index in [0.717, 1.165) is 0 Å². The molecule has 0 aliphatic carbocycles. The maximum Gasteiger partial charge on any atom is 0.313 e. The predicted molar refractivity (Wildman–Crippen MR) is 66.7 cm³/mol. The van der Waals surface area contributed by atoms with Crippen molar-refractivity contribution in [3.8, 4) is 0 Å². The minimum absolute atomic E-state index is 0.126. The number of carboxylic acids is 1. The van der Waals surface area contributed by atoms with Crippen LogP contribution in [0.4, 0.5) is 5.82 Å². The molecule has 1 fully saturated rings. The van der Waals surface area contributed by atoms with E-state index in [-0.39, 0.29) is 18.9 Å². The van der Waals surface area contributed by atoms with Gasteiger partial charge in [0.25, 0.3) is 5.91 Å². The van der Waals surface area contributed by atoms with E-state index < -0.39 is 23.3 Å². The lowest BCUT2D eigenvalue weighted by atomic mass is 9.85. The number of anilines is 1. The zero-order valence-electron chi connectivity index (χ0n) is 10.4. The van der Waals surface area contributed by atoms with Gasteiger partial charge in [0.15, 0.2) is 0 Å². The Bertz CT molecular complexity index is 519. The molecule has 2 heterocycles. The van der Waals surface area contributed by atoms with E-state index >= 15 is 0 Å². The summed E-state index contributed by atoms with van der Waals surface area (Å²) in [6, 6.07) is 4.35. The van der Waals surface area contributed by atoms with Gasteiger partial charge in [-0.15, -0.1) is 0 Å². The zero-order valence-corrected chi connectivity index (χ0v) is 10.4. The molecule has 102 valence electrons. The molecule has 0 bridgehead atoms. The Morgan fingerprint density at radius 3 is 2.95 bits per heavy atom. The molecule has 1 aliphatic heterocycles. The first-order valence-electron chi connectivity index (χ1n) is 5.78. The number of rotatable bonds is 4. The number of nitrogens with zero attached hydrogens (tertiary/aromatic N) is 1. The molecule has 0 radical (unpaired) electrons. The number of hydrogen-bond donors (Lipinski definition) is 3. The molecule has 2 unspecified atom stereocenters. The molecule has 1 amide bonds. The van der Waals surface area contributed by atoms with Crippen molar-refractivity contribution in [3.05, 3.63) is 23.9 Å². The van der Waals surface area contributed by atoms with Gasteiger partial charge in [-0.25, -0.2) is 4.98 Å². The number of amides is 1. The molecule has 1 aromatic heterocycles. The molecular weight excluding hydrogens is 250 g/mol. The maximum atomic E-state index is 11.3. The van der Waals surface area contributed by atoms with Crippen LogP contribution in [-0.4, -0.2) is 41.2 Å². The fourth-order valence-electron chi connectivity index (χ4n) is 1.92. The van der Waals surface area contributed by atoms with Crippen LogP contribution < -0.4 is 11.1 Å². The topological polar surface area (TPSA) is 115 Å². The minimum Gasteiger partial charge on any atom is -0.481 e. The quantitative estimate of drug-likeness (QED) is 0.710. The molecule has 2 rings (SSSR count). The first kappa shape index (κ1) is 13.3. The van der Waals surface area contributed by atoms with Crippen molar-refractivity contribution in [2.45, 2.75) is 13.0 Å². The Kier molecular flexibility index (Phi) is 3.39. The van der Waals surface area contributed by atoms with E-state index in [2.05, 4.69) is 10.3 Å². The molecule has 0 aromatic carbocycles. The summed E-state index contributed by atoms with van der Waals surface area (Å²) in [5.74, 6) is -1.17. The van der Waals surface area contributed by atoms with Crippen LogP contribution in [0.2, 0.25) is 0 Å². The highest BCUT2D eigenvalue weighted by Gasteiger charge is 2.46. The molecule has 7 nitrogen and oxygen atoms in total. The predicted octanol–water partition coefficient (Wildman–Crippen LogP) is 0.0821. The number of nitrogens with one attached hydrogen (secondary N) is 1. The second kappa shape index (κ2) is 4.85. The number of carboxylic acid groups (broad SMARTS) is 1. The van der Waals surface area contributed by atoms with Crippen molar-refractivity contribution in [2.75, 3.05) is 18.5 Å². The van der Waals surface area contributed by atoms with Gasteiger partial charge in [-0.05, 0) is 19.1 Å². The molecular formula is C12H15N3O4. The van der Waals surface area contributed by atoms with Gasteiger partial charge in [-0.1, -0.05) is 6.07 Å². The summed E-state index contributed by atoms with van der Waals surface area (Å²) in [5, 5.41) is 12.2. The molecule has 7 heteroatoms. The van der Waals surface area contributed by atoms with E-state index in [4.69, 9.17) is 10.5 Å². The highest BCUT2D eigenvalue weighted by molar-refractivity contribution is 5.91. The van der Waals surface area contributed by atoms with Gasteiger partial charge in [-0.2, -0.15) is 0 Å². The summed E-state index contributed by atoms with van der Waals surface area (Å²) in [6.45, 7) is 2.01. The first-order chi connectivity index (χ1) is 8.93. The lowest BCUT2D eigenvalue weighted by Crippen LogP contribution is -2.43. The SMILES string of the molecule is CC1(C(=O)O)COCC1Nc1cccc(C(N)=O)n1. The number of aromatic nitrogens is 1. The van der Waals surface area contributed by atoms with Gasteiger partial charge in [0, 0.05) is 0 Å². The largest absolute Gasteiger partial charge is 0.481 e. The van der Waals surface area contributed by atoms with Crippen LogP contribution in [0, 0.1) is 5.41 Å². The summed E-state index contributed by atoms with van der Waals surface area (Å²) >= 11 is 0. The fourth-order valence-corrected chi connectivity index (χ4v) is 1.92. The summed E-state index contributed by atoms with van der Waals surface area (Å²) in [7, 11) is 0. The van der Waals surface area contributed by atoms with Crippen LogP contribution in [0.1, 0.15) is 17.4 Å². The Hall–Kier alpha value is -2.15. The lowest BCUT2D eigenvalue weighted by Gasteiger charge is -2.25. The second-order valence-corrected chi connectivity index (χ2v) is 4.71. The highest BCUT2D eigenvalue weighted by atomic mass is 16.5. The van der Waals surface area contributed by atoms with Crippen LogP contribution in [0.5, 0.6) is 0 Å². The normalized spacial score (nSPS) is 26.1. The molecule has 0 saturated carbocycles. The summed E-state index contributed by atoms with van der Waals surface area (Å²) in [6.07, 6.45) is 0. The summed E-state index contributed by atoms with van der Waals surface area (Å²) in [5.41, 5.74) is 4.25. The van der Waals surface area contributed by atoms with Crippen molar-refractivity contribution < 1.29 is 19.4 Å². The van der Waals surface area contributed by atoms with Crippen molar-refractivity contribution in [1.82, 2.24) is 4.98 Å². The maximum absolute atomic E-state index is 11.3. The Morgan fingerprint density at radius 1 is 1.58 bits per heavy atom. The van der Waals surface area contributed by atoms with Crippen molar-refractivity contribution in [3.63, 3.8) is 0 Å². The van der Waals surface area contributed by atoms with Gasteiger partial charge in [-0.3, -0.25) is 9.59 Å². The van der Waals surface area contributed by atoms with E-state index in [1.54, 1.807) is 19.1 Å². The van der Waals surface area contributed by atoms with Crippen LogP contribution >= 0.6 is 0 Å². The number of hydrogen-bond acceptors (Lipinski definition) is 5. The highest BCUT2D eigenvalue weighted by Crippen LogP contribution is 2.30. The standard InChI is InChI=1S/C12H15N3O4/c1-12(11(17)18)6-19-5-8(12)15-9-4-2-3-7(14-9)10(13)16/h2-4,8H,5-6H2,1H3,(H2,13,16)(H,14,15)(H,17,18). The number of primary amides is 1. The molecule has 1 aliphatic rings. The van der Waals surface area contributed by atoms with Crippen molar-refractivity contribution in [1.29, 1.82) is 0 Å². The summed E-state index contributed by atoms with van der Waals surface area (Å²) < 4.78 is 5.22. The number of pyridine rings is 1. The molecule has 19 heavy (non-hydrogen) atoms. The Labute approximate surface area is 109 Å². The van der Waals surface area contributed by atoms with Crippen LogP contribution in [-0.2, 0) is 9.53 Å². The monoisotopic (exact) mass is 265 g/mol. The van der Waals surface area contributed by atoms with Gasteiger partial charge in [0.05, 0.1) is 19.3 Å². The summed E-state index contributed by atoms with van der Waals surface area (Å²) in [4.78, 5) is 26.4. The van der Waals surface area contributed by atoms with Crippen molar-refractivity contribution in [2.24, 2.45) is 11.1 Å². The van der Waals surface area contributed by atoms with Crippen LogP contribution in [0.15, 0.2) is 18.2 Å². The van der Waals surface area contributed by atoms with E-state index in [1.165, 1.54) is 6.07 Å². The average molecular weight is 265 g/mol. The number of nitrogens with two attached hydrogens (primary N) is 1. The number of carbonyl (C=O) groups is 2. The molecule has 0 spiro atoms. The average Bonchev–Trinajstić information content (AvgIpc) is 2.73. The third kappa shape index (κ3) is 2.50. The van der Waals surface area contributed by atoms with Gasteiger partial charge in [0.2, 0.25) is 0 Å². The number of aliphatic carboxylic acids is 1. The minimum atomic E-state index is -1.02. The van der Waals surface area contributed by atoms with Crippen LogP contribution in [0.3, 0.4) is 0 Å². The fraction of sp³-hybridized carbons (Fsp3) is 0.417. The molecule has 1 saturated heterocycles. The number of ether oxygens (including phenoxy) is 1. The zero-order chi connectivity index (χ0) is 14.0. The third-order valence-corrected chi connectivity index (χ3v) is 3.27. The Morgan fingerprint density at radius 2 is 2.32 bits per heavy atom. The first-order valence-corrected chi connectivity index (χ1v) is 5.78. The lowest BCUT2D eigenvalue weighted by molar-refractivity contribution is -0.148.